The van der Waals surface area contributed by atoms with Gasteiger partial charge in [0, 0.05) is 16.1 Å². The second-order valence-corrected chi connectivity index (χ2v) is 6.71. The number of carbonyl (C=O) groups is 1. The smallest absolute Gasteiger partial charge is 0.418 e. The summed E-state index contributed by atoms with van der Waals surface area (Å²) in [4.78, 5) is 12.6. The van der Waals surface area contributed by atoms with Crippen molar-refractivity contribution in [3.05, 3.63) is 88.4 Å². The summed E-state index contributed by atoms with van der Waals surface area (Å²) in [7, 11) is 1.48. The van der Waals surface area contributed by atoms with Crippen LogP contribution in [-0.4, -0.2) is 13.0 Å². The van der Waals surface area contributed by atoms with Crippen molar-refractivity contribution in [2.45, 2.75) is 12.8 Å². The van der Waals surface area contributed by atoms with Crippen LogP contribution in [0.3, 0.4) is 0 Å². The maximum atomic E-state index is 13.3. The Morgan fingerprint density at radius 1 is 1.03 bits per heavy atom. The largest absolute Gasteiger partial charge is 0.496 e. The highest BCUT2D eigenvalue weighted by atomic mass is 35.5. The highest BCUT2D eigenvalue weighted by molar-refractivity contribution is 6.30. The monoisotopic (exact) mass is 435 g/mol. The number of hydrogen-bond acceptors (Lipinski definition) is 3. The second kappa shape index (κ2) is 9.09. The molecule has 1 N–H and O–H groups in total. The van der Waals surface area contributed by atoms with Crippen LogP contribution in [0.25, 0.3) is 0 Å². The van der Waals surface area contributed by atoms with Gasteiger partial charge in [0.1, 0.15) is 18.1 Å². The molecule has 0 aliphatic carbocycles. The molecule has 0 heterocycles. The van der Waals surface area contributed by atoms with E-state index in [1.54, 1.807) is 18.2 Å². The van der Waals surface area contributed by atoms with E-state index in [1.807, 2.05) is 18.2 Å². The van der Waals surface area contributed by atoms with Crippen LogP contribution in [0.5, 0.6) is 11.5 Å². The van der Waals surface area contributed by atoms with Gasteiger partial charge in [-0.15, -0.1) is 0 Å². The molecule has 0 bridgehead atoms. The standard InChI is InChI=1S/C22H17ClF3NO3/c1-29-20-10-7-14(11-15(20)13-30-17-5-3-2-4-6-17)21(28)27-19-9-8-16(23)12-18(19)22(24,25)26/h2-12H,13H2,1H3,(H,27,28). The summed E-state index contributed by atoms with van der Waals surface area (Å²) < 4.78 is 50.8. The molecule has 0 spiro atoms. The first-order valence-corrected chi connectivity index (χ1v) is 9.18. The van der Waals surface area contributed by atoms with E-state index in [9.17, 15) is 18.0 Å². The van der Waals surface area contributed by atoms with Gasteiger partial charge < -0.3 is 14.8 Å². The zero-order chi connectivity index (χ0) is 21.7. The molecule has 4 nitrogen and oxygen atoms in total. The van der Waals surface area contributed by atoms with Crippen molar-refractivity contribution in [1.82, 2.24) is 0 Å². The first-order chi connectivity index (χ1) is 14.3. The van der Waals surface area contributed by atoms with Gasteiger partial charge in [-0.1, -0.05) is 29.8 Å². The summed E-state index contributed by atoms with van der Waals surface area (Å²) in [6, 6.07) is 16.8. The van der Waals surface area contributed by atoms with E-state index in [-0.39, 0.29) is 22.9 Å². The summed E-state index contributed by atoms with van der Waals surface area (Å²) in [6.45, 7) is 0.114. The van der Waals surface area contributed by atoms with Crippen LogP contribution in [0.1, 0.15) is 21.5 Å². The lowest BCUT2D eigenvalue weighted by Crippen LogP contribution is -2.17. The fourth-order valence-electron chi connectivity index (χ4n) is 2.76. The Hall–Kier alpha value is -3.19. The van der Waals surface area contributed by atoms with Crippen LogP contribution >= 0.6 is 11.6 Å². The average molecular weight is 436 g/mol. The Morgan fingerprint density at radius 2 is 1.77 bits per heavy atom. The van der Waals surface area contributed by atoms with Crippen LogP contribution < -0.4 is 14.8 Å². The minimum atomic E-state index is -4.66. The van der Waals surface area contributed by atoms with Crippen molar-refractivity contribution in [3.8, 4) is 11.5 Å². The summed E-state index contributed by atoms with van der Waals surface area (Å²) in [5, 5.41) is 2.22. The van der Waals surface area contributed by atoms with Gasteiger partial charge in [-0.2, -0.15) is 13.2 Å². The lowest BCUT2D eigenvalue weighted by atomic mass is 10.1. The first-order valence-electron chi connectivity index (χ1n) is 8.81. The molecule has 0 aromatic heterocycles. The van der Waals surface area contributed by atoms with Gasteiger partial charge in [-0.05, 0) is 48.5 Å². The SMILES string of the molecule is COc1ccc(C(=O)Nc2ccc(Cl)cc2C(F)(F)F)cc1COc1ccccc1. The number of methoxy groups -OCH3 is 1. The number of anilines is 1. The van der Waals surface area contributed by atoms with E-state index in [0.29, 0.717) is 17.1 Å². The van der Waals surface area contributed by atoms with Gasteiger partial charge in [-0.25, -0.2) is 0 Å². The van der Waals surface area contributed by atoms with Gasteiger partial charge in [0.2, 0.25) is 0 Å². The van der Waals surface area contributed by atoms with E-state index in [1.165, 1.54) is 25.3 Å². The molecule has 0 aliphatic heterocycles. The van der Waals surface area contributed by atoms with Crippen LogP contribution in [0.2, 0.25) is 5.02 Å². The molecule has 0 atom stereocenters. The van der Waals surface area contributed by atoms with Crippen molar-refractivity contribution in [1.29, 1.82) is 0 Å². The van der Waals surface area contributed by atoms with Crippen molar-refractivity contribution >= 4 is 23.2 Å². The highest BCUT2D eigenvalue weighted by Gasteiger charge is 2.34. The molecule has 0 aliphatic rings. The molecule has 3 aromatic carbocycles. The van der Waals surface area contributed by atoms with Crippen molar-refractivity contribution in [2.24, 2.45) is 0 Å². The number of ether oxygens (including phenoxy) is 2. The molecule has 3 rings (SSSR count). The Bertz CT molecular complexity index is 1040. The molecule has 0 saturated carbocycles. The fourth-order valence-corrected chi connectivity index (χ4v) is 2.94. The minimum Gasteiger partial charge on any atom is -0.496 e. The normalized spacial score (nSPS) is 11.1. The minimum absolute atomic E-state index is 0.0786. The number of para-hydroxylation sites is 1. The lowest BCUT2D eigenvalue weighted by Gasteiger charge is -2.15. The summed E-state index contributed by atoms with van der Waals surface area (Å²) in [5.41, 5.74) is -0.675. The van der Waals surface area contributed by atoms with Gasteiger partial charge in [0.05, 0.1) is 18.4 Å². The van der Waals surface area contributed by atoms with Crippen LogP contribution in [0.15, 0.2) is 66.7 Å². The molecule has 0 radical (unpaired) electrons. The molecular formula is C22H17ClF3NO3. The third kappa shape index (κ3) is 5.24. The zero-order valence-electron chi connectivity index (χ0n) is 15.8. The summed E-state index contributed by atoms with van der Waals surface area (Å²) in [6.07, 6.45) is -4.66. The van der Waals surface area contributed by atoms with E-state index in [4.69, 9.17) is 21.1 Å². The number of benzene rings is 3. The molecule has 30 heavy (non-hydrogen) atoms. The molecule has 3 aromatic rings. The highest BCUT2D eigenvalue weighted by Crippen LogP contribution is 2.36. The maximum absolute atomic E-state index is 13.3. The predicted molar refractivity (Wildman–Crippen MR) is 108 cm³/mol. The van der Waals surface area contributed by atoms with Crippen molar-refractivity contribution < 1.29 is 27.4 Å². The molecule has 0 saturated heterocycles. The molecule has 0 unspecified atom stereocenters. The van der Waals surface area contributed by atoms with Gasteiger partial charge in [0.25, 0.3) is 5.91 Å². The Labute approximate surface area is 176 Å². The zero-order valence-corrected chi connectivity index (χ0v) is 16.6. The Kier molecular flexibility index (Phi) is 6.52. The lowest BCUT2D eigenvalue weighted by molar-refractivity contribution is -0.136. The van der Waals surface area contributed by atoms with Crippen LogP contribution in [0, 0.1) is 0 Å². The van der Waals surface area contributed by atoms with Gasteiger partial charge >= 0.3 is 6.18 Å². The van der Waals surface area contributed by atoms with Crippen LogP contribution in [-0.2, 0) is 12.8 Å². The first kappa shape index (κ1) is 21.5. The average Bonchev–Trinajstić information content (AvgIpc) is 2.73. The fraction of sp³-hybridized carbons (Fsp3) is 0.136. The van der Waals surface area contributed by atoms with E-state index in [2.05, 4.69) is 5.32 Å². The topological polar surface area (TPSA) is 47.6 Å². The van der Waals surface area contributed by atoms with E-state index < -0.39 is 17.6 Å². The number of alkyl halides is 3. The van der Waals surface area contributed by atoms with Crippen LogP contribution in [0.4, 0.5) is 18.9 Å². The number of hydrogen-bond donors (Lipinski definition) is 1. The van der Waals surface area contributed by atoms with Crippen molar-refractivity contribution in [3.63, 3.8) is 0 Å². The van der Waals surface area contributed by atoms with Crippen molar-refractivity contribution in [2.75, 3.05) is 12.4 Å². The molecule has 0 fully saturated rings. The molecule has 1 amide bonds. The van der Waals surface area contributed by atoms with E-state index >= 15 is 0 Å². The number of rotatable bonds is 6. The second-order valence-electron chi connectivity index (χ2n) is 6.27. The molecule has 156 valence electrons. The number of carbonyl (C=O) groups excluding carboxylic acids is 1. The maximum Gasteiger partial charge on any atom is 0.418 e. The Morgan fingerprint density at radius 3 is 2.43 bits per heavy atom. The molecular weight excluding hydrogens is 419 g/mol. The summed E-state index contributed by atoms with van der Waals surface area (Å²) >= 11 is 5.68. The quantitative estimate of drug-likeness (QED) is 0.501. The number of nitrogens with one attached hydrogen (secondary N) is 1. The number of amides is 1. The molecule has 8 heteroatoms. The van der Waals surface area contributed by atoms with E-state index in [0.717, 1.165) is 12.1 Å². The van der Waals surface area contributed by atoms with Gasteiger partial charge in [0.15, 0.2) is 0 Å². The summed E-state index contributed by atoms with van der Waals surface area (Å²) in [5.74, 6) is 0.418. The predicted octanol–water partition coefficient (Wildman–Crippen LogP) is 6.20. The number of halogens is 4. The van der Waals surface area contributed by atoms with Gasteiger partial charge in [-0.3, -0.25) is 4.79 Å². The Balaban J connectivity index is 1.83. The third-order valence-electron chi connectivity index (χ3n) is 4.22. The third-order valence-corrected chi connectivity index (χ3v) is 4.45.